The molecule has 0 saturated carbocycles. The molecule has 6 nitrogen and oxygen atoms in total. The minimum atomic E-state index is -4.28. The highest BCUT2D eigenvalue weighted by molar-refractivity contribution is 7.92. The maximum Gasteiger partial charge on any atom is 0.267 e. The summed E-state index contributed by atoms with van der Waals surface area (Å²) in [5, 5.41) is 3.47. The van der Waals surface area contributed by atoms with Crippen LogP contribution in [0.3, 0.4) is 0 Å². The number of hydrogen-bond acceptors (Lipinski definition) is 5. The van der Waals surface area contributed by atoms with Crippen LogP contribution in [0.2, 0.25) is 0 Å². The Kier molecular flexibility index (Phi) is 3.14. The molecule has 0 radical (unpaired) electrons. The predicted molar refractivity (Wildman–Crippen MR) is 62.8 cm³/mol. The van der Waals surface area contributed by atoms with E-state index in [4.69, 9.17) is 5.73 Å². The van der Waals surface area contributed by atoms with Gasteiger partial charge in [-0.3, -0.25) is 0 Å². The molecule has 1 heterocycles. The Labute approximate surface area is 107 Å². The van der Waals surface area contributed by atoms with Gasteiger partial charge in [-0.05, 0) is 19.1 Å². The Morgan fingerprint density at radius 3 is 2.63 bits per heavy atom. The lowest BCUT2D eigenvalue weighted by Gasteiger charge is -2.07. The van der Waals surface area contributed by atoms with Crippen LogP contribution in [0.4, 0.5) is 20.4 Å². The first-order chi connectivity index (χ1) is 8.81. The van der Waals surface area contributed by atoms with Gasteiger partial charge in [-0.2, -0.15) is 0 Å². The van der Waals surface area contributed by atoms with Gasteiger partial charge < -0.3 is 10.3 Å². The van der Waals surface area contributed by atoms with Crippen molar-refractivity contribution in [3.63, 3.8) is 0 Å². The normalized spacial score (nSPS) is 11.5. The number of nitrogens with zero attached hydrogens (tertiary/aromatic N) is 1. The second-order valence-corrected chi connectivity index (χ2v) is 5.36. The lowest BCUT2D eigenvalue weighted by atomic mass is 10.3. The van der Waals surface area contributed by atoms with Crippen molar-refractivity contribution in [1.82, 2.24) is 5.16 Å². The maximum absolute atomic E-state index is 13.6. The lowest BCUT2D eigenvalue weighted by Crippen LogP contribution is -2.15. The molecule has 0 saturated heterocycles. The molecule has 0 fully saturated rings. The first kappa shape index (κ1) is 13.3. The Balaban J connectivity index is 2.43. The second kappa shape index (κ2) is 4.50. The summed E-state index contributed by atoms with van der Waals surface area (Å²) in [6, 6.07) is 2.84. The van der Waals surface area contributed by atoms with E-state index >= 15 is 0 Å². The molecule has 19 heavy (non-hydrogen) atoms. The summed E-state index contributed by atoms with van der Waals surface area (Å²) in [4.78, 5) is -0.777. The molecule has 0 bridgehead atoms. The van der Waals surface area contributed by atoms with Crippen molar-refractivity contribution in [1.29, 1.82) is 0 Å². The third-order valence-electron chi connectivity index (χ3n) is 2.24. The number of nitrogens with two attached hydrogens (primary N) is 1. The Hall–Kier alpha value is -2.16. The van der Waals surface area contributed by atoms with Gasteiger partial charge in [0, 0.05) is 6.07 Å². The molecule has 2 rings (SSSR count). The van der Waals surface area contributed by atoms with E-state index in [0.29, 0.717) is 5.69 Å². The van der Waals surface area contributed by atoms with Crippen LogP contribution < -0.4 is 10.5 Å². The first-order valence-electron chi connectivity index (χ1n) is 5.01. The topological polar surface area (TPSA) is 98.2 Å². The van der Waals surface area contributed by atoms with Gasteiger partial charge >= 0.3 is 0 Å². The summed E-state index contributed by atoms with van der Waals surface area (Å²) in [5.41, 5.74) is 4.68. The van der Waals surface area contributed by atoms with E-state index in [1.165, 1.54) is 6.07 Å². The van der Waals surface area contributed by atoms with Crippen molar-refractivity contribution in [2.75, 3.05) is 10.5 Å². The molecule has 0 aliphatic carbocycles. The third kappa shape index (κ3) is 2.50. The summed E-state index contributed by atoms with van der Waals surface area (Å²) in [6.45, 7) is 1.58. The smallest absolute Gasteiger partial charge is 0.267 e. The first-order valence-corrected chi connectivity index (χ1v) is 6.49. The fourth-order valence-corrected chi connectivity index (χ4v) is 2.42. The molecule has 3 N–H and O–H groups in total. The highest BCUT2D eigenvalue weighted by atomic mass is 32.2. The number of halogens is 2. The van der Waals surface area contributed by atoms with Gasteiger partial charge in [0.15, 0.2) is 5.82 Å². The third-order valence-corrected chi connectivity index (χ3v) is 3.61. The van der Waals surface area contributed by atoms with E-state index in [1.54, 1.807) is 6.92 Å². The molecule has 1 aromatic carbocycles. The molecule has 9 heteroatoms. The summed E-state index contributed by atoms with van der Waals surface area (Å²) in [7, 11) is -4.28. The van der Waals surface area contributed by atoms with Crippen LogP contribution in [0.5, 0.6) is 0 Å². The van der Waals surface area contributed by atoms with Crippen molar-refractivity contribution in [3.05, 3.63) is 35.5 Å². The molecule has 0 spiro atoms. The van der Waals surface area contributed by atoms with Crippen molar-refractivity contribution in [2.45, 2.75) is 11.8 Å². The number of aryl methyl sites for hydroxylation is 1. The van der Waals surface area contributed by atoms with Gasteiger partial charge in [0.2, 0.25) is 5.88 Å². The molecule has 1 aromatic heterocycles. The predicted octanol–water partition coefficient (Wildman–Crippen LogP) is 1.64. The van der Waals surface area contributed by atoms with Crippen molar-refractivity contribution < 1.29 is 21.7 Å². The van der Waals surface area contributed by atoms with Crippen LogP contribution in [-0.4, -0.2) is 13.6 Å². The zero-order chi connectivity index (χ0) is 14.2. The zero-order valence-electron chi connectivity index (χ0n) is 9.65. The fraction of sp³-hybridized carbons (Fsp3) is 0.100. The molecular formula is C10H9F2N3O3S. The molecule has 2 aromatic rings. The Bertz CT molecular complexity index is 728. The van der Waals surface area contributed by atoms with Gasteiger partial charge in [0.05, 0.1) is 5.69 Å². The monoisotopic (exact) mass is 289 g/mol. The largest absolute Gasteiger partial charge is 0.394 e. The number of sulfonamides is 1. The van der Waals surface area contributed by atoms with Crippen LogP contribution in [0.25, 0.3) is 0 Å². The van der Waals surface area contributed by atoms with Crippen LogP contribution in [0.1, 0.15) is 5.69 Å². The van der Waals surface area contributed by atoms with E-state index < -0.39 is 32.2 Å². The number of benzene rings is 1. The molecular weight excluding hydrogens is 280 g/mol. The van der Waals surface area contributed by atoms with E-state index in [9.17, 15) is 17.2 Å². The highest BCUT2D eigenvalue weighted by Crippen LogP contribution is 2.24. The Morgan fingerprint density at radius 2 is 2.05 bits per heavy atom. The highest BCUT2D eigenvalue weighted by Gasteiger charge is 2.23. The average Bonchev–Trinajstić information content (AvgIpc) is 2.70. The van der Waals surface area contributed by atoms with E-state index in [1.807, 2.05) is 4.72 Å². The lowest BCUT2D eigenvalue weighted by molar-refractivity contribution is 0.430. The molecule has 0 aliphatic heterocycles. The Morgan fingerprint density at radius 1 is 1.37 bits per heavy atom. The zero-order valence-corrected chi connectivity index (χ0v) is 10.5. The number of anilines is 2. The molecule has 0 atom stereocenters. The van der Waals surface area contributed by atoms with Crippen LogP contribution >= 0.6 is 0 Å². The van der Waals surface area contributed by atoms with E-state index in [-0.39, 0.29) is 5.88 Å². The fourth-order valence-electron chi connectivity index (χ4n) is 1.36. The van der Waals surface area contributed by atoms with Gasteiger partial charge in [-0.25, -0.2) is 21.9 Å². The van der Waals surface area contributed by atoms with Gasteiger partial charge in [-0.1, -0.05) is 5.16 Å². The summed E-state index contributed by atoms with van der Waals surface area (Å²) >= 11 is 0. The maximum atomic E-state index is 13.6. The summed E-state index contributed by atoms with van der Waals surface area (Å²) in [5.74, 6) is -2.57. The molecule has 102 valence electrons. The van der Waals surface area contributed by atoms with Crippen LogP contribution in [0, 0.1) is 18.6 Å². The molecule has 0 aliphatic rings. The van der Waals surface area contributed by atoms with Gasteiger partial charge in [0.25, 0.3) is 10.0 Å². The van der Waals surface area contributed by atoms with Gasteiger partial charge in [0.1, 0.15) is 16.4 Å². The average molecular weight is 289 g/mol. The second-order valence-electron chi connectivity index (χ2n) is 3.71. The number of nitrogen functional groups attached to an aromatic ring is 1. The minimum Gasteiger partial charge on any atom is -0.394 e. The quantitative estimate of drug-likeness (QED) is 0.837. The standard InChI is InChI=1S/C10H9F2N3O3S/c1-5-4-8(18-14-5)15-19(16,17)7-3-2-6(11)10(13)9(7)12/h2-4,15H,13H2,1H3. The number of hydrogen-bond donors (Lipinski definition) is 2. The SMILES string of the molecule is Cc1cc(NS(=O)(=O)c2ccc(F)c(N)c2F)on1. The summed E-state index contributed by atoms with van der Waals surface area (Å²) < 4.78 is 57.0. The minimum absolute atomic E-state index is 0.181. The van der Waals surface area contributed by atoms with Crippen LogP contribution in [-0.2, 0) is 10.0 Å². The summed E-state index contributed by atoms with van der Waals surface area (Å²) in [6.07, 6.45) is 0. The number of rotatable bonds is 3. The number of nitrogens with one attached hydrogen (secondary N) is 1. The van der Waals surface area contributed by atoms with Crippen molar-refractivity contribution in [2.24, 2.45) is 0 Å². The number of aromatic nitrogens is 1. The van der Waals surface area contributed by atoms with Gasteiger partial charge in [-0.15, -0.1) is 0 Å². The van der Waals surface area contributed by atoms with Crippen LogP contribution in [0.15, 0.2) is 27.6 Å². The molecule has 0 amide bonds. The van der Waals surface area contributed by atoms with E-state index in [0.717, 1.165) is 12.1 Å². The molecule has 0 unspecified atom stereocenters. The van der Waals surface area contributed by atoms with E-state index in [2.05, 4.69) is 9.68 Å². The van der Waals surface area contributed by atoms with Crippen molar-refractivity contribution >= 4 is 21.6 Å². The van der Waals surface area contributed by atoms with Crippen molar-refractivity contribution in [3.8, 4) is 0 Å².